The van der Waals surface area contributed by atoms with E-state index in [0.29, 0.717) is 16.7 Å². The number of allylic oxidation sites excluding steroid dienone is 4. The van der Waals surface area contributed by atoms with Crippen LogP contribution in [0.3, 0.4) is 0 Å². The van der Waals surface area contributed by atoms with Crippen LogP contribution in [-0.2, 0) is 0 Å². The van der Waals surface area contributed by atoms with Gasteiger partial charge < -0.3 is 5.11 Å². The van der Waals surface area contributed by atoms with Crippen LogP contribution >= 0.6 is 0 Å². The summed E-state index contributed by atoms with van der Waals surface area (Å²) < 4.78 is 0. The van der Waals surface area contributed by atoms with Gasteiger partial charge in [-0.25, -0.2) is 0 Å². The van der Waals surface area contributed by atoms with Crippen molar-refractivity contribution >= 4 is 0 Å². The third-order valence-corrected chi connectivity index (χ3v) is 10.7. The normalized spacial score (nSPS) is 43.5. The van der Waals surface area contributed by atoms with Crippen LogP contribution in [0.2, 0.25) is 0 Å². The van der Waals surface area contributed by atoms with Crippen molar-refractivity contribution in [3.05, 3.63) is 23.3 Å². The van der Waals surface area contributed by atoms with Crippen LogP contribution in [0.1, 0.15) is 106 Å². The topological polar surface area (TPSA) is 20.2 Å². The van der Waals surface area contributed by atoms with Crippen LogP contribution in [0.4, 0.5) is 0 Å². The first-order chi connectivity index (χ1) is 14.2. The molecule has 3 fully saturated rings. The highest BCUT2D eigenvalue weighted by Crippen LogP contribution is 2.65. The second-order valence-corrected chi connectivity index (χ2v) is 12.4. The van der Waals surface area contributed by atoms with Gasteiger partial charge in [0.25, 0.3) is 0 Å². The number of hydrogen-bond donors (Lipinski definition) is 1. The van der Waals surface area contributed by atoms with Gasteiger partial charge in [0.1, 0.15) is 0 Å². The van der Waals surface area contributed by atoms with Gasteiger partial charge in [0.05, 0.1) is 6.10 Å². The van der Waals surface area contributed by atoms with Crippen LogP contribution in [-0.4, -0.2) is 11.2 Å². The molecule has 0 radical (unpaired) electrons. The fourth-order valence-electron chi connectivity index (χ4n) is 8.63. The predicted octanol–water partition coefficient (Wildman–Crippen LogP) is 7.94. The molecule has 0 spiro atoms. The fraction of sp³-hybridized carbons (Fsp3) is 0.862. The molecule has 3 saturated carbocycles. The van der Waals surface area contributed by atoms with Crippen molar-refractivity contribution in [3.63, 3.8) is 0 Å². The first kappa shape index (κ1) is 22.6. The highest BCUT2D eigenvalue weighted by Gasteiger charge is 2.55. The van der Waals surface area contributed by atoms with E-state index in [-0.39, 0.29) is 6.10 Å². The smallest absolute Gasteiger partial charge is 0.0543 e. The minimum Gasteiger partial charge on any atom is -0.393 e. The lowest BCUT2D eigenvalue weighted by Crippen LogP contribution is -2.48. The predicted molar refractivity (Wildman–Crippen MR) is 128 cm³/mol. The maximum Gasteiger partial charge on any atom is 0.0543 e. The summed E-state index contributed by atoms with van der Waals surface area (Å²) in [7, 11) is 0. The molecule has 0 aliphatic heterocycles. The monoisotopic (exact) mass is 412 g/mol. The first-order valence-electron chi connectivity index (χ1n) is 13.3. The Balaban J connectivity index is 1.57. The first-order valence-corrected chi connectivity index (χ1v) is 13.3. The summed E-state index contributed by atoms with van der Waals surface area (Å²) in [5.74, 6) is 4.54. The third kappa shape index (κ3) is 3.66. The molecule has 0 aromatic heterocycles. The van der Waals surface area contributed by atoms with E-state index in [4.69, 9.17) is 0 Å². The third-order valence-electron chi connectivity index (χ3n) is 10.7. The molecule has 0 saturated heterocycles. The zero-order valence-corrected chi connectivity index (χ0v) is 20.7. The van der Waals surface area contributed by atoms with Gasteiger partial charge in [0.2, 0.25) is 0 Å². The molecular formula is C29H48O. The number of hydrogen-bond acceptors (Lipinski definition) is 1. The largest absolute Gasteiger partial charge is 0.393 e. The van der Waals surface area contributed by atoms with Crippen LogP contribution in [0.5, 0.6) is 0 Å². The summed E-state index contributed by atoms with van der Waals surface area (Å²) in [6, 6.07) is 0. The van der Waals surface area contributed by atoms with Crippen LogP contribution in [0.25, 0.3) is 0 Å². The molecule has 1 N–H and O–H groups in total. The van der Waals surface area contributed by atoms with E-state index < -0.39 is 0 Å². The van der Waals surface area contributed by atoms with Gasteiger partial charge in [0.15, 0.2) is 0 Å². The van der Waals surface area contributed by atoms with Crippen molar-refractivity contribution in [1.82, 2.24) is 0 Å². The lowest BCUT2D eigenvalue weighted by molar-refractivity contribution is -0.0377. The molecule has 4 rings (SSSR count). The highest BCUT2D eigenvalue weighted by atomic mass is 16.3. The summed E-state index contributed by atoms with van der Waals surface area (Å²) in [4.78, 5) is 0. The van der Waals surface area contributed by atoms with Crippen molar-refractivity contribution in [3.8, 4) is 0 Å². The number of fused-ring (bicyclic) bond motifs is 4. The molecule has 1 heteroatoms. The second-order valence-electron chi connectivity index (χ2n) is 12.4. The maximum absolute atomic E-state index is 10.3. The van der Waals surface area contributed by atoms with Gasteiger partial charge in [-0.2, -0.15) is 0 Å². The number of aliphatic hydroxyl groups is 1. The molecule has 2 unspecified atom stereocenters. The van der Waals surface area contributed by atoms with E-state index in [9.17, 15) is 5.11 Å². The molecule has 1 nitrogen and oxygen atoms in total. The fourth-order valence-corrected chi connectivity index (χ4v) is 8.63. The molecule has 30 heavy (non-hydrogen) atoms. The summed E-state index contributed by atoms with van der Waals surface area (Å²) >= 11 is 0. The molecule has 0 aromatic carbocycles. The quantitative estimate of drug-likeness (QED) is 0.454. The van der Waals surface area contributed by atoms with Gasteiger partial charge in [-0.3, -0.25) is 0 Å². The Bertz CT molecular complexity index is 686. The van der Waals surface area contributed by atoms with Crippen molar-refractivity contribution in [2.24, 2.45) is 46.3 Å². The summed E-state index contributed by atoms with van der Waals surface area (Å²) in [5, 5.41) is 10.3. The van der Waals surface area contributed by atoms with Gasteiger partial charge in [-0.15, -0.1) is 0 Å². The van der Waals surface area contributed by atoms with E-state index in [1.165, 1.54) is 51.4 Å². The minimum atomic E-state index is -0.0348. The molecule has 4 aliphatic carbocycles. The van der Waals surface area contributed by atoms with Gasteiger partial charge in [-0.1, -0.05) is 64.8 Å². The minimum absolute atomic E-state index is 0.0348. The standard InChI is InChI=1S/C29H48O/c1-7-21(19(2)3)9-8-20(4)25-12-13-26-24-11-10-22-18-23(30)14-16-28(22,5)27(24)15-17-29(25,26)6/h8-9,19-23,25,27,30H,7,10-18H2,1-6H3/t20-,21-,22?,23?,25-,27+,28+,29-/m1/s1. The van der Waals surface area contributed by atoms with Crippen molar-refractivity contribution in [2.45, 2.75) is 112 Å². The van der Waals surface area contributed by atoms with Gasteiger partial charge in [-0.05, 0) is 111 Å². The van der Waals surface area contributed by atoms with E-state index in [1.807, 2.05) is 11.1 Å². The molecule has 170 valence electrons. The summed E-state index contributed by atoms with van der Waals surface area (Å²) in [6.45, 7) is 14.8. The Morgan fingerprint density at radius 2 is 1.77 bits per heavy atom. The molecule has 0 aromatic rings. The van der Waals surface area contributed by atoms with E-state index in [0.717, 1.165) is 42.4 Å². The summed E-state index contributed by atoms with van der Waals surface area (Å²) in [5.41, 5.74) is 4.68. The highest BCUT2D eigenvalue weighted by molar-refractivity contribution is 5.35. The Labute approximate surface area is 186 Å². The van der Waals surface area contributed by atoms with Crippen LogP contribution in [0.15, 0.2) is 23.3 Å². The number of aliphatic hydroxyl groups excluding tert-OH is 1. The number of rotatable bonds is 5. The van der Waals surface area contributed by atoms with Crippen LogP contribution < -0.4 is 0 Å². The molecule has 0 bridgehead atoms. The average Bonchev–Trinajstić information content (AvgIpc) is 3.06. The van der Waals surface area contributed by atoms with Gasteiger partial charge >= 0.3 is 0 Å². The Morgan fingerprint density at radius 3 is 2.47 bits per heavy atom. The molecule has 0 amide bonds. The molecule has 8 atom stereocenters. The molecular weight excluding hydrogens is 364 g/mol. The van der Waals surface area contributed by atoms with Crippen molar-refractivity contribution in [1.29, 1.82) is 0 Å². The lowest BCUT2D eigenvalue weighted by atomic mass is 9.49. The molecule has 0 heterocycles. The second kappa shape index (κ2) is 8.42. The maximum atomic E-state index is 10.3. The van der Waals surface area contributed by atoms with E-state index >= 15 is 0 Å². The Hall–Kier alpha value is -0.560. The van der Waals surface area contributed by atoms with Crippen LogP contribution in [0, 0.1) is 46.3 Å². The zero-order chi connectivity index (χ0) is 21.7. The van der Waals surface area contributed by atoms with Crippen molar-refractivity contribution in [2.75, 3.05) is 0 Å². The van der Waals surface area contributed by atoms with E-state index in [1.54, 1.807) is 0 Å². The summed E-state index contributed by atoms with van der Waals surface area (Å²) in [6.07, 6.45) is 17.9. The lowest BCUT2D eigenvalue weighted by Gasteiger charge is -2.56. The van der Waals surface area contributed by atoms with Gasteiger partial charge in [0, 0.05) is 0 Å². The molecule has 4 aliphatic rings. The zero-order valence-electron chi connectivity index (χ0n) is 20.7. The van der Waals surface area contributed by atoms with E-state index in [2.05, 4.69) is 53.7 Å². The Kier molecular flexibility index (Phi) is 6.35. The SMILES string of the molecule is CC[C@H](C=C[C@@H](C)[C@H]1CCC2=C3CCC4CC(O)CC[C@]4(C)[C@H]3CC[C@@]21C)C(C)C. The Morgan fingerprint density at radius 1 is 1.00 bits per heavy atom. The van der Waals surface area contributed by atoms with Crippen molar-refractivity contribution < 1.29 is 5.11 Å². The average molecular weight is 413 g/mol.